The molecule has 3 rings (SSSR count). The molecule has 0 radical (unpaired) electrons. The second-order valence-electron chi connectivity index (χ2n) is 5.02. The average Bonchev–Trinajstić information content (AvgIpc) is 3.08. The van der Waals surface area contributed by atoms with Gasteiger partial charge in [0.2, 0.25) is 0 Å². The second-order valence-corrected chi connectivity index (χ2v) is 5.02. The summed E-state index contributed by atoms with van der Waals surface area (Å²) in [4.78, 5) is 16.1. The molecule has 0 unspecified atom stereocenters. The normalized spacial score (nSPS) is 14.6. The number of nitrogens with one attached hydrogen (secondary N) is 2. The first-order chi connectivity index (χ1) is 10.3. The van der Waals surface area contributed by atoms with Crippen LogP contribution < -0.4 is 10.6 Å². The highest BCUT2D eigenvalue weighted by Gasteiger charge is 2.08. The van der Waals surface area contributed by atoms with Crippen molar-refractivity contribution in [2.75, 3.05) is 19.6 Å². The molecule has 0 fully saturated rings. The van der Waals surface area contributed by atoms with E-state index in [-0.39, 0.29) is 5.91 Å². The van der Waals surface area contributed by atoms with E-state index >= 15 is 0 Å². The Bertz CT molecular complexity index is 629. The SMILES string of the molecule is O=C(NCC1=CCNCC1)c1ccc(-n2ccnc2)cc1. The number of aromatic nitrogens is 2. The van der Waals surface area contributed by atoms with Gasteiger partial charge in [0.05, 0.1) is 6.33 Å². The zero-order valence-electron chi connectivity index (χ0n) is 11.7. The third-order valence-electron chi connectivity index (χ3n) is 3.57. The van der Waals surface area contributed by atoms with Gasteiger partial charge < -0.3 is 15.2 Å². The van der Waals surface area contributed by atoms with Crippen molar-refractivity contribution >= 4 is 5.91 Å². The Hall–Kier alpha value is -2.40. The van der Waals surface area contributed by atoms with Crippen LogP contribution in [0.2, 0.25) is 0 Å². The molecule has 0 saturated heterocycles. The molecule has 5 nitrogen and oxygen atoms in total. The monoisotopic (exact) mass is 282 g/mol. The molecule has 1 amide bonds. The Morgan fingerprint density at radius 1 is 1.33 bits per heavy atom. The minimum Gasteiger partial charge on any atom is -0.348 e. The van der Waals surface area contributed by atoms with Crippen LogP contribution in [0.5, 0.6) is 0 Å². The Morgan fingerprint density at radius 2 is 2.19 bits per heavy atom. The van der Waals surface area contributed by atoms with E-state index in [1.807, 2.05) is 35.0 Å². The highest BCUT2D eigenvalue weighted by Crippen LogP contribution is 2.09. The fourth-order valence-electron chi connectivity index (χ4n) is 2.32. The number of hydrogen-bond acceptors (Lipinski definition) is 3. The van der Waals surface area contributed by atoms with Crippen molar-refractivity contribution in [1.82, 2.24) is 20.2 Å². The average molecular weight is 282 g/mol. The summed E-state index contributed by atoms with van der Waals surface area (Å²) in [5.74, 6) is -0.0355. The lowest BCUT2D eigenvalue weighted by Crippen LogP contribution is -2.29. The largest absolute Gasteiger partial charge is 0.348 e. The van der Waals surface area contributed by atoms with Gasteiger partial charge in [0, 0.05) is 36.7 Å². The van der Waals surface area contributed by atoms with Gasteiger partial charge in [0.25, 0.3) is 5.91 Å². The maximum atomic E-state index is 12.1. The van der Waals surface area contributed by atoms with Crippen LogP contribution in [-0.2, 0) is 0 Å². The number of rotatable bonds is 4. The van der Waals surface area contributed by atoms with E-state index in [2.05, 4.69) is 21.7 Å². The number of carbonyl (C=O) groups excluding carboxylic acids is 1. The Morgan fingerprint density at radius 3 is 2.86 bits per heavy atom. The van der Waals surface area contributed by atoms with Gasteiger partial charge in [0.15, 0.2) is 0 Å². The summed E-state index contributed by atoms with van der Waals surface area (Å²) >= 11 is 0. The van der Waals surface area contributed by atoms with Gasteiger partial charge >= 0.3 is 0 Å². The van der Waals surface area contributed by atoms with Gasteiger partial charge in [-0.15, -0.1) is 0 Å². The first-order valence-electron chi connectivity index (χ1n) is 7.08. The molecule has 1 aliphatic heterocycles. The van der Waals surface area contributed by atoms with Gasteiger partial charge in [-0.1, -0.05) is 11.6 Å². The van der Waals surface area contributed by atoms with Crippen LogP contribution in [-0.4, -0.2) is 35.1 Å². The van der Waals surface area contributed by atoms with Crippen molar-refractivity contribution in [3.63, 3.8) is 0 Å². The number of carbonyl (C=O) groups is 1. The van der Waals surface area contributed by atoms with Crippen LogP contribution in [0.15, 0.2) is 54.6 Å². The zero-order valence-corrected chi connectivity index (χ0v) is 11.7. The summed E-state index contributed by atoms with van der Waals surface area (Å²) < 4.78 is 1.90. The van der Waals surface area contributed by atoms with Crippen molar-refractivity contribution < 1.29 is 4.79 Å². The highest BCUT2D eigenvalue weighted by atomic mass is 16.1. The molecule has 1 aromatic heterocycles. The molecule has 0 aliphatic carbocycles. The molecule has 2 N–H and O–H groups in total. The lowest BCUT2D eigenvalue weighted by molar-refractivity contribution is 0.0956. The lowest BCUT2D eigenvalue weighted by atomic mass is 10.1. The molecule has 21 heavy (non-hydrogen) atoms. The van der Waals surface area contributed by atoms with Crippen LogP contribution >= 0.6 is 0 Å². The topological polar surface area (TPSA) is 59.0 Å². The van der Waals surface area contributed by atoms with E-state index in [4.69, 9.17) is 0 Å². The van der Waals surface area contributed by atoms with E-state index in [0.29, 0.717) is 12.1 Å². The number of hydrogen-bond donors (Lipinski definition) is 2. The molecule has 1 aliphatic rings. The fourth-order valence-corrected chi connectivity index (χ4v) is 2.32. The van der Waals surface area contributed by atoms with Crippen LogP contribution in [0.3, 0.4) is 0 Å². The number of imidazole rings is 1. The van der Waals surface area contributed by atoms with E-state index < -0.39 is 0 Å². The third kappa shape index (κ3) is 3.38. The molecule has 0 spiro atoms. The van der Waals surface area contributed by atoms with E-state index in [1.165, 1.54) is 5.57 Å². The molecule has 2 heterocycles. The molecule has 0 bridgehead atoms. The summed E-state index contributed by atoms with van der Waals surface area (Å²) in [5, 5.41) is 6.23. The smallest absolute Gasteiger partial charge is 0.251 e. The third-order valence-corrected chi connectivity index (χ3v) is 3.57. The molecule has 0 saturated carbocycles. The summed E-state index contributed by atoms with van der Waals surface area (Å²) in [5.41, 5.74) is 2.95. The predicted molar refractivity (Wildman–Crippen MR) is 81.5 cm³/mol. The summed E-state index contributed by atoms with van der Waals surface area (Å²) in [6, 6.07) is 7.50. The predicted octanol–water partition coefficient (Wildman–Crippen LogP) is 1.52. The minimum atomic E-state index is -0.0355. The summed E-state index contributed by atoms with van der Waals surface area (Å²) in [6.45, 7) is 2.51. The van der Waals surface area contributed by atoms with E-state index in [0.717, 1.165) is 25.2 Å². The van der Waals surface area contributed by atoms with Crippen molar-refractivity contribution in [3.05, 3.63) is 60.2 Å². The maximum Gasteiger partial charge on any atom is 0.251 e. The van der Waals surface area contributed by atoms with Crippen LogP contribution in [0.4, 0.5) is 0 Å². The van der Waals surface area contributed by atoms with E-state index in [1.54, 1.807) is 12.5 Å². The van der Waals surface area contributed by atoms with E-state index in [9.17, 15) is 4.79 Å². The lowest BCUT2D eigenvalue weighted by Gasteiger charge is -2.14. The first-order valence-corrected chi connectivity index (χ1v) is 7.08. The summed E-state index contributed by atoms with van der Waals surface area (Å²) in [7, 11) is 0. The quantitative estimate of drug-likeness (QED) is 0.836. The van der Waals surface area contributed by atoms with Crippen molar-refractivity contribution in [2.45, 2.75) is 6.42 Å². The van der Waals surface area contributed by atoms with Gasteiger partial charge in [-0.2, -0.15) is 0 Å². The van der Waals surface area contributed by atoms with Crippen molar-refractivity contribution in [3.8, 4) is 5.69 Å². The number of nitrogens with zero attached hydrogens (tertiary/aromatic N) is 2. The Balaban J connectivity index is 1.61. The number of amides is 1. The van der Waals surface area contributed by atoms with Gasteiger partial charge in [-0.3, -0.25) is 4.79 Å². The molecular weight excluding hydrogens is 264 g/mol. The van der Waals surface area contributed by atoms with Crippen LogP contribution in [0.25, 0.3) is 5.69 Å². The second kappa shape index (κ2) is 6.37. The molecule has 0 atom stereocenters. The fraction of sp³-hybridized carbons (Fsp3) is 0.250. The first kappa shape index (κ1) is 13.6. The Kier molecular flexibility index (Phi) is 4.12. The number of benzene rings is 1. The van der Waals surface area contributed by atoms with Crippen molar-refractivity contribution in [1.29, 1.82) is 0 Å². The maximum absolute atomic E-state index is 12.1. The van der Waals surface area contributed by atoms with Crippen LogP contribution in [0.1, 0.15) is 16.8 Å². The zero-order chi connectivity index (χ0) is 14.5. The molecule has 1 aromatic carbocycles. The van der Waals surface area contributed by atoms with Gasteiger partial charge in [-0.05, 0) is 37.2 Å². The van der Waals surface area contributed by atoms with Gasteiger partial charge in [0.1, 0.15) is 0 Å². The van der Waals surface area contributed by atoms with Crippen LogP contribution in [0, 0.1) is 0 Å². The summed E-state index contributed by atoms with van der Waals surface area (Å²) in [6.07, 6.45) is 8.48. The molecular formula is C16H18N4O. The highest BCUT2D eigenvalue weighted by molar-refractivity contribution is 5.94. The van der Waals surface area contributed by atoms with Crippen molar-refractivity contribution in [2.24, 2.45) is 0 Å². The molecule has 108 valence electrons. The Labute approximate surface area is 123 Å². The van der Waals surface area contributed by atoms with Gasteiger partial charge in [-0.25, -0.2) is 4.98 Å². The minimum absolute atomic E-state index is 0.0355. The molecule has 5 heteroatoms. The standard InChI is InChI=1S/C16H18N4O/c21-16(19-11-13-5-7-17-8-6-13)14-1-3-15(4-2-14)20-10-9-18-12-20/h1-5,9-10,12,17H,6-8,11H2,(H,19,21). The molecule has 2 aromatic rings.